The molecule has 3 rings (SSSR count). The highest BCUT2D eigenvalue weighted by Crippen LogP contribution is 2.19. The fourth-order valence-corrected chi connectivity index (χ4v) is 2.27. The third kappa shape index (κ3) is 3.75. The summed E-state index contributed by atoms with van der Waals surface area (Å²) >= 11 is 5.81. The van der Waals surface area contributed by atoms with Crippen molar-refractivity contribution in [1.29, 1.82) is 0 Å². The van der Waals surface area contributed by atoms with E-state index in [1.807, 2.05) is 19.1 Å². The van der Waals surface area contributed by atoms with Crippen LogP contribution in [0.4, 0.5) is 5.82 Å². The SMILES string of the molecule is C[C@H](Cn1cc(Cl)cn1)C(=O)Nc1cc(-c2ccncc2)[nH]n1. The fraction of sp³-hybridized carbons (Fsp3) is 0.200. The Kier molecular flexibility index (Phi) is 4.38. The predicted octanol–water partition coefficient (Wildman–Crippen LogP) is 2.60. The molecule has 118 valence electrons. The van der Waals surface area contributed by atoms with Gasteiger partial charge in [0.2, 0.25) is 5.91 Å². The van der Waals surface area contributed by atoms with Gasteiger partial charge in [0, 0.05) is 30.2 Å². The monoisotopic (exact) mass is 330 g/mol. The Balaban J connectivity index is 1.63. The number of aromatic amines is 1. The molecule has 2 N–H and O–H groups in total. The van der Waals surface area contributed by atoms with Gasteiger partial charge in [-0.05, 0) is 12.1 Å². The number of nitrogens with one attached hydrogen (secondary N) is 2. The highest BCUT2D eigenvalue weighted by atomic mass is 35.5. The van der Waals surface area contributed by atoms with Crippen LogP contribution in [0.5, 0.6) is 0 Å². The minimum absolute atomic E-state index is 0.135. The summed E-state index contributed by atoms with van der Waals surface area (Å²) in [6.45, 7) is 2.27. The normalized spacial score (nSPS) is 12.1. The summed E-state index contributed by atoms with van der Waals surface area (Å²) in [5, 5.41) is 14.4. The Labute approximate surface area is 137 Å². The van der Waals surface area contributed by atoms with Crippen LogP contribution in [0.3, 0.4) is 0 Å². The Morgan fingerprint density at radius 1 is 1.43 bits per heavy atom. The quantitative estimate of drug-likeness (QED) is 0.752. The number of hydrogen-bond donors (Lipinski definition) is 2. The Hall–Kier alpha value is -2.67. The smallest absolute Gasteiger partial charge is 0.230 e. The summed E-state index contributed by atoms with van der Waals surface area (Å²) in [5.41, 5.74) is 1.77. The molecule has 8 heteroatoms. The molecule has 0 fully saturated rings. The molecular weight excluding hydrogens is 316 g/mol. The minimum Gasteiger partial charge on any atom is -0.309 e. The van der Waals surface area contributed by atoms with Gasteiger partial charge in [0.15, 0.2) is 5.82 Å². The van der Waals surface area contributed by atoms with Gasteiger partial charge in [-0.25, -0.2) is 0 Å². The van der Waals surface area contributed by atoms with Crippen molar-refractivity contribution in [3.63, 3.8) is 0 Å². The summed E-state index contributed by atoms with van der Waals surface area (Å²) in [5.74, 6) is 0.0728. The maximum atomic E-state index is 12.2. The predicted molar refractivity (Wildman–Crippen MR) is 86.8 cm³/mol. The van der Waals surface area contributed by atoms with Crippen molar-refractivity contribution in [3.8, 4) is 11.3 Å². The molecule has 0 unspecified atom stereocenters. The number of carbonyl (C=O) groups is 1. The van der Waals surface area contributed by atoms with Crippen molar-refractivity contribution in [1.82, 2.24) is 25.0 Å². The zero-order chi connectivity index (χ0) is 16.2. The largest absolute Gasteiger partial charge is 0.309 e. The first-order valence-corrected chi connectivity index (χ1v) is 7.44. The third-order valence-electron chi connectivity index (χ3n) is 3.33. The van der Waals surface area contributed by atoms with Crippen molar-refractivity contribution in [2.45, 2.75) is 13.5 Å². The van der Waals surface area contributed by atoms with Crippen molar-refractivity contribution in [3.05, 3.63) is 48.0 Å². The molecule has 3 aromatic heterocycles. The number of rotatable bonds is 5. The average molecular weight is 331 g/mol. The molecule has 0 saturated heterocycles. The average Bonchev–Trinajstić information content (AvgIpc) is 3.17. The van der Waals surface area contributed by atoms with Crippen LogP contribution in [-0.2, 0) is 11.3 Å². The number of pyridine rings is 1. The molecular formula is C15H15ClN6O. The van der Waals surface area contributed by atoms with Crippen LogP contribution in [0.25, 0.3) is 11.3 Å². The van der Waals surface area contributed by atoms with Crippen LogP contribution in [0.15, 0.2) is 43.0 Å². The molecule has 0 radical (unpaired) electrons. The topological polar surface area (TPSA) is 88.5 Å². The van der Waals surface area contributed by atoms with E-state index < -0.39 is 0 Å². The molecule has 3 heterocycles. The fourth-order valence-electron chi connectivity index (χ4n) is 2.12. The number of nitrogens with zero attached hydrogens (tertiary/aromatic N) is 4. The Morgan fingerprint density at radius 2 is 2.22 bits per heavy atom. The highest BCUT2D eigenvalue weighted by Gasteiger charge is 2.16. The van der Waals surface area contributed by atoms with Gasteiger partial charge in [0.05, 0.1) is 29.4 Å². The molecule has 0 aromatic carbocycles. The number of amides is 1. The highest BCUT2D eigenvalue weighted by molar-refractivity contribution is 6.30. The molecule has 1 atom stereocenters. The van der Waals surface area contributed by atoms with Gasteiger partial charge in [0.25, 0.3) is 0 Å². The lowest BCUT2D eigenvalue weighted by Crippen LogP contribution is -2.24. The molecule has 0 spiro atoms. The van der Waals surface area contributed by atoms with Gasteiger partial charge in [-0.15, -0.1) is 0 Å². The van der Waals surface area contributed by atoms with Crippen molar-refractivity contribution in [2.24, 2.45) is 5.92 Å². The van der Waals surface area contributed by atoms with Gasteiger partial charge < -0.3 is 5.32 Å². The van der Waals surface area contributed by atoms with E-state index in [0.29, 0.717) is 17.4 Å². The maximum absolute atomic E-state index is 12.2. The van der Waals surface area contributed by atoms with Gasteiger partial charge >= 0.3 is 0 Å². The number of hydrogen-bond acceptors (Lipinski definition) is 4. The summed E-state index contributed by atoms with van der Waals surface area (Å²) in [7, 11) is 0. The first-order chi connectivity index (χ1) is 11.1. The summed E-state index contributed by atoms with van der Waals surface area (Å²) < 4.78 is 1.64. The van der Waals surface area contributed by atoms with Crippen molar-refractivity contribution < 1.29 is 4.79 Å². The second-order valence-electron chi connectivity index (χ2n) is 5.17. The van der Waals surface area contributed by atoms with Crippen LogP contribution >= 0.6 is 11.6 Å². The lowest BCUT2D eigenvalue weighted by molar-refractivity contribution is -0.119. The zero-order valence-corrected chi connectivity index (χ0v) is 13.2. The van der Waals surface area contributed by atoms with E-state index >= 15 is 0 Å². The first kappa shape index (κ1) is 15.2. The van der Waals surface area contributed by atoms with Crippen LogP contribution in [0.2, 0.25) is 5.02 Å². The third-order valence-corrected chi connectivity index (χ3v) is 3.53. The lowest BCUT2D eigenvalue weighted by Gasteiger charge is -2.10. The van der Waals surface area contributed by atoms with Gasteiger partial charge in [-0.3, -0.25) is 19.6 Å². The standard InChI is InChI=1S/C15H15ClN6O/c1-10(8-22-9-12(16)7-18-22)15(23)19-14-6-13(20-21-14)11-2-4-17-5-3-11/h2-7,9-10H,8H2,1H3,(H2,19,20,21,23)/t10-/m1/s1. The maximum Gasteiger partial charge on any atom is 0.230 e. The van der Waals surface area contributed by atoms with E-state index in [1.54, 1.807) is 35.5 Å². The number of halogens is 1. The molecule has 1 amide bonds. The Morgan fingerprint density at radius 3 is 2.91 bits per heavy atom. The summed E-state index contributed by atoms with van der Waals surface area (Å²) in [6.07, 6.45) is 6.62. The van der Waals surface area contributed by atoms with Crippen molar-refractivity contribution in [2.75, 3.05) is 5.32 Å². The number of H-pyrrole nitrogens is 1. The molecule has 3 aromatic rings. The van der Waals surface area contributed by atoms with E-state index in [9.17, 15) is 4.79 Å². The zero-order valence-electron chi connectivity index (χ0n) is 12.4. The molecule has 23 heavy (non-hydrogen) atoms. The van der Waals surface area contributed by atoms with Crippen LogP contribution in [0.1, 0.15) is 6.92 Å². The summed E-state index contributed by atoms with van der Waals surface area (Å²) in [4.78, 5) is 16.2. The molecule has 0 saturated carbocycles. The molecule has 0 aliphatic rings. The number of anilines is 1. The molecule has 0 aliphatic heterocycles. The van der Waals surface area contributed by atoms with Gasteiger partial charge in [-0.2, -0.15) is 10.2 Å². The van der Waals surface area contributed by atoms with Gasteiger partial charge in [0.1, 0.15) is 0 Å². The number of carbonyl (C=O) groups excluding carboxylic acids is 1. The Bertz CT molecular complexity index is 797. The van der Waals surface area contributed by atoms with Crippen LogP contribution in [-0.4, -0.2) is 30.9 Å². The van der Waals surface area contributed by atoms with E-state index in [2.05, 4.69) is 25.6 Å². The number of aromatic nitrogens is 5. The second-order valence-corrected chi connectivity index (χ2v) is 5.61. The molecule has 0 bridgehead atoms. The first-order valence-electron chi connectivity index (χ1n) is 7.06. The van der Waals surface area contributed by atoms with Gasteiger partial charge in [-0.1, -0.05) is 18.5 Å². The lowest BCUT2D eigenvalue weighted by atomic mass is 10.1. The second kappa shape index (κ2) is 6.62. The minimum atomic E-state index is -0.271. The van der Waals surface area contributed by atoms with E-state index in [1.165, 1.54) is 0 Å². The van der Waals surface area contributed by atoms with E-state index in [0.717, 1.165) is 11.3 Å². The van der Waals surface area contributed by atoms with E-state index in [-0.39, 0.29) is 11.8 Å². The summed E-state index contributed by atoms with van der Waals surface area (Å²) in [6, 6.07) is 5.51. The van der Waals surface area contributed by atoms with E-state index in [4.69, 9.17) is 11.6 Å². The molecule has 0 aliphatic carbocycles. The molecule has 7 nitrogen and oxygen atoms in total. The van der Waals surface area contributed by atoms with Crippen LogP contribution < -0.4 is 5.32 Å². The van der Waals surface area contributed by atoms with Crippen molar-refractivity contribution >= 4 is 23.3 Å². The van der Waals surface area contributed by atoms with Crippen LogP contribution in [0, 0.1) is 5.92 Å².